The van der Waals surface area contributed by atoms with Crippen LogP contribution >= 0.6 is 11.6 Å². The first-order valence-corrected chi connectivity index (χ1v) is 12.6. The number of hydrogen-bond donors (Lipinski definition) is 1. The lowest BCUT2D eigenvalue weighted by Gasteiger charge is -2.64. The van der Waals surface area contributed by atoms with Gasteiger partial charge in [0.05, 0.1) is 18.6 Å². The van der Waals surface area contributed by atoms with E-state index in [1.54, 1.807) is 27.7 Å². The second-order valence-corrected chi connectivity index (χ2v) is 11.2. The van der Waals surface area contributed by atoms with Gasteiger partial charge in [-0.3, -0.25) is 9.59 Å². The van der Waals surface area contributed by atoms with Crippen LogP contribution in [-0.4, -0.2) is 58.9 Å². The molecule has 34 heavy (non-hydrogen) atoms. The molecule has 9 atom stereocenters. The molecule has 0 radical (unpaired) electrons. The fourth-order valence-electron chi connectivity index (χ4n) is 8.13. The molecule has 0 aromatic heterocycles. The van der Waals surface area contributed by atoms with Crippen molar-refractivity contribution in [2.45, 2.75) is 83.3 Å². The maximum Gasteiger partial charge on any atom is 0.509 e. The fraction of sp³-hybridized carbons (Fsp3) is 0.800. The quantitative estimate of drug-likeness (QED) is 0.450. The summed E-state index contributed by atoms with van der Waals surface area (Å²) in [4.78, 5) is 37.8. The number of halogens is 3. The number of alkyl halides is 3. The van der Waals surface area contributed by atoms with Crippen molar-refractivity contribution in [3.8, 4) is 0 Å². The first kappa shape index (κ1) is 25.5. The van der Waals surface area contributed by atoms with Crippen molar-refractivity contribution in [1.82, 2.24) is 0 Å². The molecule has 0 amide bonds. The molecule has 9 heteroatoms. The number of ether oxygens (including phenoxy) is 2. The Balaban J connectivity index is 1.85. The van der Waals surface area contributed by atoms with Gasteiger partial charge in [0.15, 0.2) is 17.2 Å². The third kappa shape index (κ3) is 3.03. The molecular formula is C25H33ClF2O6. The van der Waals surface area contributed by atoms with Crippen LogP contribution in [0.4, 0.5) is 13.6 Å². The molecule has 190 valence electrons. The average Bonchev–Trinajstić information content (AvgIpc) is 2.99. The van der Waals surface area contributed by atoms with Crippen molar-refractivity contribution in [1.29, 1.82) is 0 Å². The summed E-state index contributed by atoms with van der Waals surface area (Å²) in [6.07, 6.45) is -2.84. The van der Waals surface area contributed by atoms with E-state index >= 15 is 8.78 Å². The summed E-state index contributed by atoms with van der Waals surface area (Å²) in [5.74, 6) is -3.27. The van der Waals surface area contributed by atoms with Crippen LogP contribution in [-0.2, 0) is 19.1 Å². The number of carbonyl (C=O) groups excluding carboxylic acids is 3. The molecule has 0 aliphatic heterocycles. The normalized spacial score (nSPS) is 47.7. The number of aliphatic hydroxyl groups excluding tert-OH is 1. The molecule has 0 bridgehead atoms. The van der Waals surface area contributed by atoms with Gasteiger partial charge >= 0.3 is 6.16 Å². The molecule has 0 unspecified atom stereocenters. The fourth-order valence-corrected chi connectivity index (χ4v) is 8.32. The van der Waals surface area contributed by atoms with E-state index in [0.717, 1.165) is 0 Å². The second-order valence-electron chi connectivity index (χ2n) is 10.9. The molecule has 0 aromatic carbocycles. The second kappa shape index (κ2) is 8.26. The molecule has 4 aliphatic rings. The third-order valence-corrected chi connectivity index (χ3v) is 9.85. The molecule has 1 N–H and O–H groups in total. The molecule has 0 spiro atoms. The Bertz CT molecular complexity index is 940. The Hall–Kier alpha value is -1.54. The molecular weight excluding hydrogens is 470 g/mol. The zero-order valence-electron chi connectivity index (χ0n) is 20.0. The summed E-state index contributed by atoms with van der Waals surface area (Å²) < 4.78 is 43.5. The van der Waals surface area contributed by atoms with Crippen LogP contribution < -0.4 is 0 Å². The summed E-state index contributed by atoms with van der Waals surface area (Å²) >= 11 is 5.97. The number of hydrogen-bond acceptors (Lipinski definition) is 6. The van der Waals surface area contributed by atoms with E-state index in [1.165, 1.54) is 6.08 Å². The van der Waals surface area contributed by atoms with Crippen LogP contribution in [0.25, 0.3) is 0 Å². The van der Waals surface area contributed by atoms with E-state index in [1.807, 2.05) is 0 Å². The number of Topliss-reactive ketones (excluding diaryl/α,β-unsaturated/α-hetero) is 1. The predicted molar refractivity (Wildman–Crippen MR) is 120 cm³/mol. The smallest absolute Gasteiger partial charge is 0.435 e. The Labute approximate surface area is 203 Å². The van der Waals surface area contributed by atoms with Gasteiger partial charge < -0.3 is 14.6 Å². The molecule has 4 aliphatic carbocycles. The van der Waals surface area contributed by atoms with Gasteiger partial charge in [-0.15, -0.1) is 11.6 Å². The van der Waals surface area contributed by atoms with Crippen LogP contribution in [0.5, 0.6) is 0 Å². The van der Waals surface area contributed by atoms with E-state index in [9.17, 15) is 19.5 Å². The summed E-state index contributed by atoms with van der Waals surface area (Å²) in [6, 6.07) is 0. The van der Waals surface area contributed by atoms with Gasteiger partial charge in [-0.1, -0.05) is 20.8 Å². The maximum absolute atomic E-state index is 17.3. The van der Waals surface area contributed by atoms with E-state index in [-0.39, 0.29) is 43.6 Å². The third-order valence-electron chi connectivity index (χ3n) is 9.61. The van der Waals surface area contributed by atoms with Gasteiger partial charge in [0.1, 0.15) is 11.8 Å². The number of aliphatic hydroxyl groups is 1. The molecule has 3 saturated carbocycles. The van der Waals surface area contributed by atoms with Crippen LogP contribution in [0, 0.1) is 28.6 Å². The number of carbonyl (C=O) groups is 3. The monoisotopic (exact) mass is 502 g/mol. The summed E-state index contributed by atoms with van der Waals surface area (Å²) in [5.41, 5.74) is -6.36. The number of allylic oxidation sites excluding steroid dienone is 1. The summed E-state index contributed by atoms with van der Waals surface area (Å²) in [7, 11) is 0. The van der Waals surface area contributed by atoms with E-state index in [2.05, 4.69) is 0 Å². The highest BCUT2D eigenvalue weighted by molar-refractivity contribution is 6.29. The minimum Gasteiger partial charge on any atom is -0.435 e. The Morgan fingerprint density at radius 3 is 2.56 bits per heavy atom. The van der Waals surface area contributed by atoms with E-state index in [0.29, 0.717) is 6.42 Å². The first-order valence-electron chi connectivity index (χ1n) is 12.0. The zero-order chi connectivity index (χ0) is 25.3. The topological polar surface area (TPSA) is 89.9 Å². The Kier molecular flexibility index (Phi) is 6.20. The number of rotatable bonds is 4. The van der Waals surface area contributed by atoms with Gasteiger partial charge in [0.25, 0.3) is 0 Å². The Morgan fingerprint density at radius 1 is 1.26 bits per heavy atom. The highest BCUT2D eigenvalue weighted by atomic mass is 35.5. The van der Waals surface area contributed by atoms with Crippen molar-refractivity contribution >= 4 is 29.3 Å². The lowest BCUT2D eigenvalue weighted by atomic mass is 9.43. The van der Waals surface area contributed by atoms with Crippen molar-refractivity contribution in [3.05, 3.63) is 11.6 Å². The standard InChI is InChI=1S/C25H33ClF2O6/c1-5-33-21(32)34-25(20(31)12-26)13(2)8-15-16-10-18(27)17-9-14(29)6-7-22(17,3)24(16,28)19(30)11-23(15,25)4/h9,13,15-16,18-19,30H,5-8,10-12H2,1-4H3/t13-,15-,16-,18-,19-,22-,23-,24-,25-/m0/s1. The lowest BCUT2D eigenvalue weighted by Crippen LogP contribution is -2.71. The lowest BCUT2D eigenvalue weighted by molar-refractivity contribution is -0.234. The van der Waals surface area contributed by atoms with Crippen LogP contribution in [0.2, 0.25) is 0 Å². The van der Waals surface area contributed by atoms with Gasteiger partial charge in [0, 0.05) is 29.1 Å². The number of ketones is 2. The van der Waals surface area contributed by atoms with Gasteiger partial charge in [0.2, 0.25) is 0 Å². The highest BCUT2D eigenvalue weighted by Crippen LogP contribution is 2.72. The summed E-state index contributed by atoms with van der Waals surface area (Å²) in [6.45, 7) is 6.68. The largest absolute Gasteiger partial charge is 0.509 e. The molecule has 0 heterocycles. The van der Waals surface area contributed by atoms with Gasteiger partial charge in [-0.2, -0.15) is 0 Å². The van der Waals surface area contributed by atoms with Crippen LogP contribution in [0.15, 0.2) is 11.6 Å². The van der Waals surface area contributed by atoms with Crippen molar-refractivity contribution < 1.29 is 37.7 Å². The van der Waals surface area contributed by atoms with Crippen LogP contribution in [0.3, 0.4) is 0 Å². The maximum atomic E-state index is 17.3. The van der Waals surface area contributed by atoms with Gasteiger partial charge in [-0.05, 0) is 50.2 Å². The first-order chi connectivity index (χ1) is 15.8. The highest BCUT2D eigenvalue weighted by Gasteiger charge is 2.78. The average molecular weight is 503 g/mol. The van der Waals surface area contributed by atoms with Crippen LogP contribution in [0.1, 0.15) is 59.8 Å². The molecule has 4 rings (SSSR count). The van der Waals surface area contributed by atoms with E-state index < -0.39 is 69.9 Å². The molecule has 6 nitrogen and oxygen atoms in total. The minimum atomic E-state index is -2.20. The predicted octanol–water partition coefficient (Wildman–Crippen LogP) is 4.50. The van der Waals surface area contributed by atoms with E-state index in [4.69, 9.17) is 21.1 Å². The molecule has 0 aromatic rings. The minimum absolute atomic E-state index is 0.0348. The van der Waals surface area contributed by atoms with Crippen molar-refractivity contribution in [2.24, 2.45) is 28.6 Å². The summed E-state index contributed by atoms with van der Waals surface area (Å²) in [5, 5.41) is 11.4. The SMILES string of the molecule is CCOC(=O)O[C@]1(C(=O)CCl)[C@@H](C)C[C@H]2[C@@H]3C[C@H](F)C4=CC(=O)CC[C@]4(C)[C@@]3(F)[C@@H](O)C[C@@]21C. The number of fused-ring (bicyclic) bond motifs is 5. The van der Waals surface area contributed by atoms with Crippen molar-refractivity contribution in [2.75, 3.05) is 12.5 Å². The van der Waals surface area contributed by atoms with Crippen molar-refractivity contribution in [3.63, 3.8) is 0 Å². The molecule has 0 saturated heterocycles. The molecule has 3 fully saturated rings. The zero-order valence-corrected chi connectivity index (χ0v) is 20.8. The Morgan fingerprint density at radius 2 is 1.94 bits per heavy atom. The van der Waals surface area contributed by atoms with Gasteiger partial charge in [-0.25, -0.2) is 13.6 Å².